The van der Waals surface area contributed by atoms with Crippen molar-refractivity contribution in [1.82, 2.24) is 19.6 Å². The average Bonchev–Trinajstić information content (AvgIpc) is 3.73. The molecule has 2 aromatic heterocycles. The molecule has 0 N–H and O–H groups in total. The molecule has 0 bridgehead atoms. The summed E-state index contributed by atoms with van der Waals surface area (Å²) < 4.78 is 4.33. The lowest BCUT2D eigenvalue weighted by Gasteiger charge is -2.17. The van der Waals surface area contributed by atoms with Gasteiger partial charge in [0.05, 0.1) is 23.6 Å². The van der Waals surface area contributed by atoms with Crippen LogP contribution >= 0.6 is 0 Å². The summed E-state index contributed by atoms with van der Waals surface area (Å²) >= 11 is 0. The quantitative estimate of drug-likeness (QED) is 0.201. The fraction of sp³-hybridized carbons (Fsp3) is 0.0526. The van der Waals surface area contributed by atoms with Crippen molar-refractivity contribution in [2.45, 2.75) is 13.0 Å². The predicted octanol–water partition coefficient (Wildman–Crippen LogP) is 9.35. The van der Waals surface area contributed by atoms with Gasteiger partial charge in [-0.3, -0.25) is 0 Å². The molecule has 7 rings (SSSR count). The third-order valence-corrected chi connectivity index (χ3v) is 7.81. The highest BCUT2D eigenvalue weighted by atomic mass is 15.4. The van der Waals surface area contributed by atoms with E-state index >= 15 is 0 Å². The van der Waals surface area contributed by atoms with Gasteiger partial charge in [-0.05, 0) is 47.4 Å². The van der Waals surface area contributed by atoms with Crippen molar-refractivity contribution in [3.8, 4) is 50.6 Å². The first kappa shape index (κ1) is 25.5. The van der Waals surface area contributed by atoms with Gasteiger partial charge in [0.25, 0.3) is 0 Å². The second-order valence-corrected chi connectivity index (χ2v) is 10.4. The van der Waals surface area contributed by atoms with Crippen LogP contribution in [0.1, 0.15) is 18.5 Å². The van der Waals surface area contributed by atoms with Crippen LogP contribution in [0.5, 0.6) is 0 Å². The van der Waals surface area contributed by atoms with Crippen molar-refractivity contribution in [1.29, 1.82) is 0 Å². The van der Waals surface area contributed by atoms with Crippen LogP contribution in [-0.2, 0) is 0 Å². The monoisotopic (exact) mass is 542 g/mol. The summed E-state index contributed by atoms with van der Waals surface area (Å²) in [5, 5.41) is 8.88. The molecule has 1 unspecified atom stereocenters. The molecule has 0 aliphatic heterocycles. The zero-order valence-corrected chi connectivity index (χ0v) is 23.4. The Kier molecular flexibility index (Phi) is 6.79. The first-order chi connectivity index (χ1) is 20.8. The van der Waals surface area contributed by atoms with E-state index in [9.17, 15) is 0 Å². The van der Waals surface area contributed by atoms with E-state index in [0.29, 0.717) is 0 Å². The smallest absolute Gasteiger partial charge is 0.113 e. The van der Waals surface area contributed by atoms with E-state index in [1.54, 1.807) is 0 Å². The van der Waals surface area contributed by atoms with E-state index in [1.807, 2.05) is 29.1 Å². The standard InChI is InChI=1S/C38H30N4/c1-28(41-27-36(39-40-41)31-16-8-3-9-17-31)29-22-24-34(25-23-29)42-37(32-18-10-4-11-19-32)26-35(30-14-6-2-7-15-30)38(42)33-20-12-5-13-21-33/h2-28H,1H3. The molecular weight excluding hydrogens is 512 g/mol. The third-order valence-electron chi connectivity index (χ3n) is 7.81. The Morgan fingerprint density at radius 1 is 0.548 bits per heavy atom. The fourth-order valence-electron chi connectivity index (χ4n) is 5.58. The Morgan fingerprint density at radius 2 is 1.07 bits per heavy atom. The molecule has 7 aromatic rings. The lowest BCUT2D eigenvalue weighted by molar-refractivity contribution is 0.543. The Morgan fingerprint density at radius 3 is 1.67 bits per heavy atom. The molecule has 4 heteroatoms. The average molecular weight is 543 g/mol. The Bertz CT molecular complexity index is 1900. The maximum absolute atomic E-state index is 4.46. The number of rotatable bonds is 7. The molecule has 0 radical (unpaired) electrons. The molecule has 0 aliphatic carbocycles. The van der Waals surface area contributed by atoms with Crippen LogP contribution in [0.15, 0.2) is 158 Å². The minimum absolute atomic E-state index is 0.0377. The first-order valence-corrected chi connectivity index (χ1v) is 14.3. The summed E-state index contributed by atoms with van der Waals surface area (Å²) in [4.78, 5) is 0. The number of hydrogen-bond donors (Lipinski definition) is 0. The fourth-order valence-corrected chi connectivity index (χ4v) is 5.58. The summed E-state index contributed by atoms with van der Waals surface area (Å²) in [5.74, 6) is 0. The van der Waals surface area contributed by atoms with E-state index < -0.39 is 0 Å². The van der Waals surface area contributed by atoms with Crippen molar-refractivity contribution >= 4 is 0 Å². The highest BCUT2D eigenvalue weighted by Gasteiger charge is 2.21. The van der Waals surface area contributed by atoms with E-state index in [2.05, 4.69) is 155 Å². The number of hydrogen-bond acceptors (Lipinski definition) is 2. The van der Waals surface area contributed by atoms with Gasteiger partial charge in [-0.1, -0.05) is 139 Å². The minimum atomic E-state index is 0.0377. The minimum Gasteiger partial charge on any atom is -0.309 e. The van der Waals surface area contributed by atoms with Crippen LogP contribution in [0, 0.1) is 0 Å². The molecule has 0 saturated heterocycles. The van der Waals surface area contributed by atoms with E-state index in [0.717, 1.165) is 22.6 Å². The van der Waals surface area contributed by atoms with Gasteiger partial charge in [-0.25, -0.2) is 4.68 Å². The molecule has 0 aliphatic rings. The van der Waals surface area contributed by atoms with E-state index in [-0.39, 0.29) is 6.04 Å². The SMILES string of the molecule is CC(c1ccc(-n2c(-c3ccccc3)cc(-c3ccccc3)c2-c2ccccc2)cc1)n1cc(-c2ccccc2)nn1. The molecule has 2 heterocycles. The van der Waals surface area contributed by atoms with Gasteiger partial charge < -0.3 is 4.57 Å². The Balaban J connectivity index is 1.34. The molecule has 1 atom stereocenters. The van der Waals surface area contributed by atoms with Gasteiger partial charge >= 0.3 is 0 Å². The lowest BCUT2D eigenvalue weighted by atomic mass is 10.0. The van der Waals surface area contributed by atoms with Gasteiger partial charge in [-0.2, -0.15) is 0 Å². The molecule has 0 spiro atoms. The normalized spacial score (nSPS) is 11.8. The second kappa shape index (κ2) is 11.2. The highest BCUT2D eigenvalue weighted by Crippen LogP contribution is 2.41. The van der Waals surface area contributed by atoms with Crippen LogP contribution in [0.25, 0.3) is 50.6 Å². The number of benzene rings is 5. The second-order valence-electron chi connectivity index (χ2n) is 10.4. The molecule has 5 aromatic carbocycles. The Hall–Kier alpha value is -5.48. The maximum Gasteiger partial charge on any atom is 0.113 e. The summed E-state index contributed by atoms with van der Waals surface area (Å²) in [6, 6.07) is 53.3. The van der Waals surface area contributed by atoms with Gasteiger partial charge in [0, 0.05) is 16.8 Å². The van der Waals surface area contributed by atoms with Crippen LogP contribution in [-0.4, -0.2) is 19.6 Å². The molecule has 0 saturated carbocycles. The topological polar surface area (TPSA) is 35.6 Å². The van der Waals surface area contributed by atoms with E-state index in [4.69, 9.17) is 0 Å². The van der Waals surface area contributed by atoms with Gasteiger partial charge in [0.1, 0.15) is 5.69 Å². The molecule has 0 fully saturated rings. The molecule has 42 heavy (non-hydrogen) atoms. The van der Waals surface area contributed by atoms with Gasteiger partial charge in [0.2, 0.25) is 0 Å². The van der Waals surface area contributed by atoms with Crippen molar-refractivity contribution < 1.29 is 0 Å². The van der Waals surface area contributed by atoms with Crippen LogP contribution in [0.3, 0.4) is 0 Å². The summed E-state index contributed by atoms with van der Waals surface area (Å²) in [7, 11) is 0. The van der Waals surface area contributed by atoms with Crippen LogP contribution < -0.4 is 0 Å². The molecule has 202 valence electrons. The van der Waals surface area contributed by atoms with Crippen molar-refractivity contribution in [3.05, 3.63) is 163 Å². The van der Waals surface area contributed by atoms with Crippen LogP contribution in [0.2, 0.25) is 0 Å². The van der Waals surface area contributed by atoms with Crippen molar-refractivity contribution in [2.24, 2.45) is 0 Å². The van der Waals surface area contributed by atoms with Gasteiger partial charge in [-0.15, -0.1) is 5.10 Å². The van der Waals surface area contributed by atoms with Crippen molar-refractivity contribution in [3.63, 3.8) is 0 Å². The number of nitrogens with zero attached hydrogens (tertiary/aromatic N) is 4. The third kappa shape index (κ3) is 4.84. The molecule has 0 amide bonds. The Labute approximate surface area is 246 Å². The highest BCUT2D eigenvalue weighted by molar-refractivity contribution is 5.88. The summed E-state index contributed by atoms with van der Waals surface area (Å²) in [6.07, 6.45) is 2.02. The lowest BCUT2D eigenvalue weighted by Crippen LogP contribution is -2.08. The number of aromatic nitrogens is 4. The predicted molar refractivity (Wildman–Crippen MR) is 171 cm³/mol. The van der Waals surface area contributed by atoms with E-state index in [1.165, 1.54) is 33.5 Å². The van der Waals surface area contributed by atoms with Crippen LogP contribution in [0.4, 0.5) is 0 Å². The summed E-state index contributed by atoms with van der Waals surface area (Å²) in [5.41, 5.74) is 11.3. The zero-order chi connectivity index (χ0) is 28.3. The largest absolute Gasteiger partial charge is 0.309 e. The summed E-state index contributed by atoms with van der Waals surface area (Å²) in [6.45, 7) is 2.16. The maximum atomic E-state index is 4.46. The molecule has 4 nitrogen and oxygen atoms in total. The van der Waals surface area contributed by atoms with Gasteiger partial charge in [0.15, 0.2) is 0 Å². The molecular formula is C38H30N4. The van der Waals surface area contributed by atoms with Crippen molar-refractivity contribution in [2.75, 3.05) is 0 Å². The first-order valence-electron chi connectivity index (χ1n) is 14.3. The zero-order valence-electron chi connectivity index (χ0n) is 23.4.